The zero-order chi connectivity index (χ0) is 19.3. The lowest BCUT2D eigenvalue weighted by atomic mass is 10.2. The van der Waals surface area contributed by atoms with Crippen LogP contribution in [-0.4, -0.2) is 53.6 Å². The van der Waals surface area contributed by atoms with Crippen LogP contribution in [0.5, 0.6) is 11.5 Å². The van der Waals surface area contributed by atoms with Gasteiger partial charge in [-0.2, -0.15) is 4.99 Å². The molecular weight excluding hydrogens is 370 g/mol. The van der Waals surface area contributed by atoms with Crippen LogP contribution in [0.25, 0.3) is 6.08 Å². The van der Waals surface area contributed by atoms with Crippen molar-refractivity contribution in [2.24, 2.45) is 4.99 Å². The molecule has 1 saturated heterocycles. The Balaban J connectivity index is 1.44. The van der Waals surface area contributed by atoms with Crippen LogP contribution in [0, 0.1) is 0 Å². The van der Waals surface area contributed by atoms with Crippen molar-refractivity contribution in [3.05, 3.63) is 65.1 Å². The number of thioether (sulfide) groups is 1. The van der Waals surface area contributed by atoms with Crippen molar-refractivity contribution in [2.45, 2.75) is 6.92 Å². The van der Waals surface area contributed by atoms with Crippen LogP contribution in [0.1, 0.15) is 12.5 Å². The number of nitrogens with zero attached hydrogens (tertiary/aromatic N) is 3. The summed E-state index contributed by atoms with van der Waals surface area (Å²) in [6.45, 7) is 7.11. The second-order valence-electron chi connectivity index (χ2n) is 6.72. The highest BCUT2D eigenvalue weighted by molar-refractivity contribution is 8.18. The fourth-order valence-corrected chi connectivity index (χ4v) is 4.20. The molecule has 2 heterocycles. The van der Waals surface area contributed by atoms with Crippen molar-refractivity contribution in [2.75, 3.05) is 32.7 Å². The van der Waals surface area contributed by atoms with Gasteiger partial charge in [0, 0.05) is 26.2 Å². The lowest BCUT2D eigenvalue weighted by molar-refractivity contribution is -0.113. The molecule has 2 aliphatic heterocycles. The predicted molar refractivity (Wildman–Crippen MR) is 115 cm³/mol. The minimum absolute atomic E-state index is 0.160. The number of likely N-dealkylation sites (N-methyl/N-ethyl adjacent to an activating group) is 1. The second-order valence-corrected chi connectivity index (χ2v) is 7.73. The standard InChI is InChI=1S/C22H23N3O2S/c1-2-24-11-13-25(14-12-24)22-23-21(26)20(28-22)16-17-7-6-10-19(15-17)27-18-8-4-3-5-9-18/h3-10,15-16H,2,11-14H2,1H3/b20-16-. The predicted octanol–water partition coefficient (Wildman–Crippen LogP) is 4.09. The van der Waals surface area contributed by atoms with Crippen molar-refractivity contribution in [1.82, 2.24) is 9.80 Å². The largest absolute Gasteiger partial charge is 0.457 e. The number of rotatable bonds is 4. The first-order chi connectivity index (χ1) is 13.7. The van der Waals surface area contributed by atoms with E-state index in [0.717, 1.165) is 55.0 Å². The summed E-state index contributed by atoms with van der Waals surface area (Å²) in [5, 5.41) is 0.823. The SMILES string of the molecule is CCN1CCN(C2=NC(=O)/C(=C/c3cccc(Oc4ccccc4)c3)S2)CC1. The number of ether oxygens (including phenoxy) is 1. The molecular formula is C22H23N3O2S. The highest BCUT2D eigenvalue weighted by Gasteiger charge is 2.28. The minimum atomic E-state index is -0.160. The van der Waals surface area contributed by atoms with Gasteiger partial charge in [0.1, 0.15) is 11.5 Å². The number of benzene rings is 2. The zero-order valence-corrected chi connectivity index (χ0v) is 16.7. The summed E-state index contributed by atoms with van der Waals surface area (Å²) in [4.78, 5) is 21.9. The Morgan fingerprint density at radius 2 is 1.79 bits per heavy atom. The molecule has 1 amide bonds. The molecule has 0 aliphatic carbocycles. The smallest absolute Gasteiger partial charge is 0.286 e. The first-order valence-corrected chi connectivity index (χ1v) is 10.4. The van der Waals surface area contributed by atoms with Gasteiger partial charge in [-0.05, 0) is 54.2 Å². The monoisotopic (exact) mass is 393 g/mol. The first kappa shape index (κ1) is 18.8. The number of carbonyl (C=O) groups excluding carboxylic acids is 1. The van der Waals surface area contributed by atoms with Gasteiger partial charge in [0.05, 0.1) is 4.91 Å². The van der Waals surface area contributed by atoms with Gasteiger partial charge in [-0.3, -0.25) is 4.79 Å². The molecule has 28 heavy (non-hydrogen) atoms. The van der Waals surface area contributed by atoms with Crippen molar-refractivity contribution in [1.29, 1.82) is 0 Å². The third kappa shape index (κ3) is 4.46. The van der Waals surface area contributed by atoms with Crippen LogP contribution < -0.4 is 4.74 Å². The number of amidine groups is 1. The quantitative estimate of drug-likeness (QED) is 0.732. The lowest BCUT2D eigenvalue weighted by Gasteiger charge is -2.34. The van der Waals surface area contributed by atoms with Crippen molar-refractivity contribution >= 4 is 28.9 Å². The molecule has 0 radical (unpaired) electrons. The first-order valence-electron chi connectivity index (χ1n) is 9.54. The lowest BCUT2D eigenvalue weighted by Crippen LogP contribution is -2.47. The van der Waals surface area contributed by atoms with E-state index in [2.05, 4.69) is 21.7 Å². The van der Waals surface area contributed by atoms with Gasteiger partial charge < -0.3 is 14.5 Å². The molecule has 1 fully saturated rings. The van der Waals surface area contributed by atoms with Gasteiger partial charge in [-0.1, -0.05) is 37.3 Å². The Morgan fingerprint density at radius 1 is 1.04 bits per heavy atom. The van der Waals surface area contributed by atoms with Gasteiger partial charge in [0.15, 0.2) is 5.17 Å². The van der Waals surface area contributed by atoms with E-state index in [1.54, 1.807) is 0 Å². The zero-order valence-electron chi connectivity index (χ0n) is 15.9. The van der Waals surface area contributed by atoms with Gasteiger partial charge in [-0.25, -0.2) is 0 Å². The maximum absolute atomic E-state index is 12.4. The molecule has 0 unspecified atom stereocenters. The second kappa shape index (κ2) is 8.63. The van der Waals surface area contributed by atoms with Crippen molar-refractivity contribution < 1.29 is 9.53 Å². The molecule has 5 nitrogen and oxygen atoms in total. The van der Waals surface area contributed by atoms with Crippen LogP contribution in [0.2, 0.25) is 0 Å². The third-order valence-corrected chi connectivity index (χ3v) is 5.88. The van der Waals surface area contributed by atoms with E-state index in [-0.39, 0.29) is 5.91 Å². The fourth-order valence-electron chi connectivity index (χ4n) is 3.23. The van der Waals surface area contributed by atoms with E-state index < -0.39 is 0 Å². The summed E-state index contributed by atoms with van der Waals surface area (Å²) in [6.07, 6.45) is 1.89. The Bertz CT molecular complexity index is 903. The number of carbonyl (C=O) groups is 1. The summed E-state index contributed by atoms with van der Waals surface area (Å²) >= 11 is 1.47. The molecule has 0 atom stereocenters. The maximum Gasteiger partial charge on any atom is 0.286 e. The van der Waals surface area contributed by atoms with E-state index in [0.29, 0.717) is 4.91 Å². The molecule has 0 spiro atoms. The van der Waals surface area contributed by atoms with E-state index in [9.17, 15) is 4.79 Å². The number of hydrogen-bond donors (Lipinski definition) is 0. The summed E-state index contributed by atoms with van der Waals surface area (Å²) in [6, 6.07) is 17.4. The van der Waals surface area contributed by atoms with E-state index in [1.165, 1.54) is 11.8 Å². The summed E-state index contributed by atoms with van der Waals surface area (Å²) in [5.74, 6) is 1.37. The van der Waals surface area contributed by atoms with Crippen molar-refractivity contribution in [3.63, 3.8) is 0 Å². The van der Waals surface area contributed by atoms with Crippen LogP contribution in [0.4, 0.5) is 0 Å². The molecule has 0 saturated carbocycles. The Labute approximate surface area is 169 Å². The number of hydrogen-bond acceptors (Lipinski definition) is 5. The van der Waals surface area contributed by atoms with Crippen LogP contribution >= 0.6 is 11.8 Å². The fraction of sp³-hybridized carbons (Fsp3) is 0.273. The molecule has 6 heteroatoms. The van der Waals surface area contributed by atoms with Gasteiger partial charge in [-0.15, -0.1) is 0 Å². The normalized spacial score (nSPS) is 19.2. The Hall–Kier alpha value is -2.57. The van der Waals surface area contributed by atoms with Crippen LogP contribution in [0.15, 0.2) is 64.5 Å². The Kier molecular flexibility index (Phi) is 5.78. The molecule has 144 valence electrons. The number of amides is 1. The highest BCUT2D eigenvalue weighted by Crippen LogP contribution is 2.31. The van der Waals surface area contributed by atoms with E-state index in [1.807, 2.05) is 60.7 Å². The number of para-hydroxylation sites is 1. The molecule has 4 rings (SSSR count). The van der Waals surface area contributed by atoms with Gasteiger partial charge in [0.25, 0.3) is 5.91 Å². The summed E-state index contributed by atoms with van der Waals surface area (Å²) < 4.78 is 5.88. The molecule has 0 bridgehead atoms. The molecule has 0 aromatic heterocycles. The molecule has 2 aliphatic rings. The molecule has 2 aromatic rings. The van der Waals surface area contributed by atoms with E-state index in [4.69, 9.17) is 4.74 Å². The third-order valence-electron chi connectivity index (χ3n) is 4.83. The van der Waals surface area contributed by atoms with E-state index >= 15 is 0 Å². The van der Waals surface area contributed by atoms with Crippen LogP contribution in [0.3, 0.4) is 0 Å². The molecule has 2 aromatic carbocycles. The van der Waals surface area contributed by atoms with Crippen LogP contribution in [-0.2, 0) is 4.79 Å². The summed E-state index contributed by atoms with van der Waals surface area (Å²) in [5.41, 5.74) is 0.927. The van der Waals surface area contributed by atoms with Crippen molar-refractivity contribution in [3.8, 4) is 11.5 Å². The topological polar surface area (TPSA) is 45.1 Å². The van der Waals surface area contributed by atoms with Gasteiger partial charge >= 0.3 is 0 Å². The Morgan fingerprint density at radius 3 is 2.54 bits per heavy atom. The average Bonchev–Trinajstić information content (AvgIpc) is 3.09. The maximum atomic E-state index is 12.4. The number of aliphatic imine (C=N–C) groups is 1. The summed E-state index contributed by atoms with van der Waals surface area (Å²) in [7, 11) is 0. The van der Waals surface area contributed by atoms with Gasteiger partial charge in [0.2, 0.25) is 0 Å². The minimum Gasteiger partial charge on any atom is -0.457 e. The highest BCUT2D eigenvalue weighted by atomic mass is 32.2. The molecule has 0 N–H and O–H groups in total. The average molecular weight is 394 g/mol. The number of piperazine rings is 1.